The van der Waals surface area contributed by atoms with Crippen molar-refractivity contribution in [1.82, 2.24) is 0 Å². The first-order valence-electron chi connectivity index (χ1n) is 8.86. The first-order chi connectivity index (χ1) is 11.7. The van der Waals surface area contributed by atoms with Crippen molar-refractivity contribution in [3.05, 3.63) is 24.3 Å². The van der Waals surface area contributed by atoms with Crippen molar-refractivity contribution in [3.63, 3.8) is 0 Å². The molecular formula is C17H22BNO5. The van der Waals surface area contributed by atoms with Crippen molar-refractivity contribution in [2.45, 2.75) is 62.5 Å². The highest BCUT2D eigenvalue weighted by Crippen LogP contribution is 2.46. The third kappa shape index (κ3) is 2.46. The lowest BCUT2D eigenvalue weighted by Gasteiger charge is -2.36. The summed E-state index contributed by atoms with van der Waals surface area (Å²) in [5, 5.41) is 0. The standard InChI is InChI=1S/C17H22BNO5/c19-12-6-4-5-11(9-12)18-20-10-13-14(24-18)15-16(21-13)23-17(22-15)7-2-1-3-8-17/h4-6,9,13-16H,1-3,7-8,10,19H2/t13-,14+,15-,16-/m1/s1. The molecule has 4 fully saturated rings. The van der Waals surface area contributed by atoms with Gasteiger partial charge in [0.15, 0.2) is 12.1 Å². The zero-order valence-corrected chi connectivity index (χ0v) is 13.6. The molecule has 0 amide bonds. The van der Waals surface area contributed by atoms with Crippen molar-refractivity contribution in [3.8, 4) is 0 Å². The first-order valence-corrected chi connectivity index (χ1v) is 8.86. The molecule has 1 aromatic rings. The van der Waals surface area contributed by atoms with E-state index in [2.05, 4.69) is 0 Å². The molecule has 2 N–H and O–H groups in total. The fraction of sp³-hybridized carbons (Fsp3) is 0.647. The normalized spacial score (nSPS) is 37.4. The van der Waals surface area contributed by atoms with E-state index in [4.69, 9.17) is 29.3 Å². The Labute approximate surface area is 141 Å². The summed E-state index contributed by atoms with van der Waals surface area (Å²) in [6, 6.07) is 7.60. The molecule has 0 radical (unpaired) electrons. The molecule has 3 saturated heterocycles. The molecule has 1 aromatic carbocycles. The minimum Gasteiger partial charge on any atom is -0.404 e. The van der Waals surface area contributed by atoms with Crippen LogP contribution >= 0.6 is 0 Å². The summed E-state index contributed by atoms with van der Waals surface area (Å²) in [6.45, 7) is 0.469. The van der Waals surface area contributed by atoms with Crippen LogP contribution in [0.15, 0.2) is 24.3 Å². The van der Waals surface area contributed by atoms with Crippen LogP contribution in [0, 0.1) is 0 Å². The van der Waals surface area contributed by atoms with Crippen molar-refractivity contribution >= 4 is 18.3 Å². The number of nitrogen functional groups attached to an aromatic ring is 1. The molecular weight excluding hydrogens is 309 g/mol. The summed E-state index contributed by atoms with van der Waals surface area (Å²) in [7, 11) is -0.441. The van der Waals surface area contributed by atoms with Crippen molar-refractivity contribution < 1.29 is 23.5 Å². The molecule has 5 rings (SSSR count). The van der Waals surface area contributed by atoms with E-state index in [0.29, 0.717) is 12.3 Å². The Hall–Kier alpha value is -1.12. The van der Waals surface area contributed by atoms with Gasteiger partial charge in [-0.15, -0.1) is 0 Å². The molecule has 1 saturated carbocycles. The second-order valence-electron chi connectivity index (χ2n) is 7.15. The minimum absolute atomic E-state index is 0.141. The Morgan fingerprint density at radius 2 is 1.96 bits per heavy atom. The zero-order chi connectivity index (χ0) is 16.1. The Morgan fingerprint density at radius 3 is 2.79 bits per heavy atom. The number of fused-ring (bicyclic) bond motifs is 3. The largest absolute Gasteiger partial charge is 0.494 e. The van der Waals surface area contributed by atoms with Gasteiger partial charge in [-0.05, 0) is 30.4 Å². The van der Waals surface area contributed by atoms with Gasteiger partial charge in [0, 0.05) is 18.5 Å². The van der Waals surface area contributed by atoms with Crippen molar-refractivity contribution in [2.24, 2.45) is 0 Å². The molecule has 3 heterocycles. The molecule has 3 aliphatic heterocycles. The third-order valence-electron chi connectivity index (χ3n) is 5.44. The number of anilines is 1. The number of ether oxygens (including phenoxy) is 3. The number of hydrogen-bond acceptors (Lipinski definition) is 6. The van der Waals surface area contributed by atoms with Crippen LogP contribution in [0.1, 0.15) is 32.1 Å². The van der Waals surface area contributed by atoms with Gasteiger partial charge in [-0.2, -0.15) is 0 Å². The van der Waals surface area contributed by atoms with E-state index in [0.717, 1.165) is 31.1 Å². The van der Waals surface area contributed by atoms with E-state index < -0.39 is 12.9 Å². The summed E-state index contributed by atoms with van der Waals surface area (Å²) in [4.78, 5) is 0. The number of rotatable bonds is 1. The summed E-state index contributed by atoms with van der Waals surface area (Å²) in [6.07, 6.45) is 4.58. The monoisotopic (exact) mass is 331 g/mol. The Bertz CT molecular complexity index is 623. The zero-order valence-electron chi connectivity index (χ0n) is 13.6. The lowest BCUT2D eigenvalue weighted by atomic mass is 9.77. The first kappa shape index (κ1) is 15.2. The van der Waals surface area contributed by atoms with Crippen molar-refractivity contribution in [2.75, 3.05) is 12.3 Å². The van der Waals surface area contributed by atoms with Gasteiger partial charge < -0.3 is 29.3 Å². The fourth-order valence-corrected chi connectivity index (χ4v) is 4.27. The van der Waals surface area contributed by atoms with Gasteiger partial charge in [-0.3, -0.25) is 0 Å². The molecule has 24 heavy (non-hydrogen) atoms. The maximum Gasteiger partial charge on any atom is 0.494 e. The summed E-state index contributed by atoms with van der Waals surface area (Å²) >= 11 is 0. The van der Waals surface area contributed by atoms with Crippen LogP contribution in [0.25, 0.3) is 0 Å². The fourth-order valence-electron chi connectivity index (χ4n) is 4.27. The summed E-state index contributed by atoms with van der Waals surface area (Å²) in [5.41, 5.74) is 7.49. The lowest BCUT2D eigenvalue weighted by Crippen LogP contribution is -2.53. The SMILES string of the molecule is Nc1cccc(B2OC[C@H]3O[C@@H]4OC5(CCCCC5)O[C@@H]4[C@H]3O2)c1. The van der Waals surface area contributed by atoms with Crippen LogP contribution in [0.5, 0.6) is 0 Å². The number of benzene rings is 1. The molecule has 4 atom stereocenters. The third-order valence-corrected chi connectivity index (χ3v) is 5.44. The van der Waals surface area contributed by atoms with E-state index in [1.165, 1.54) is 6.42 Å². The highest BCUT2D eigenvalue weighted by molar-refractivity contribution is 6.61. The molecule has 128 valence electrons. The Balaban J connectivity index is 1.33. The van der Waals surface area contributed by atoms with E-state index in [9.17, 15) is 0 Å². The number of nitrogens with two attached hydrogens (primary N) is 1. The van der Waals surface area contributed by atoms with Gasteiger partial charge in [0.1, 0.15) is 18.3 Å². The average Bonchev–Trinajstić information content (AvgIpc) is 3.09. The average molecular weight is 331 g/mol. The maximum absolute atomic E-state index is 6.34. The second-order valence-corrected chi connectivity index (χ2v) is 7.15. The molecule has 0 aromatic heterocycles. The highest BCUT2D eigenvalue weighted by Gasteiger charge is 2.60. The van der Waals surface area contributed by atoms with E-state index in [1.807, 2.05) is 24.3 Å². The van der Waals surface area contributed by atoms with Crippen LogP contribution in [0.3, 0.4) is 0 Å². The molecule has 0 unspecified atom stereocenters. The molecule has 0 bridgehead atoms. The number of hydrogen-bond donors (Lipinski definition) is 1. The second kappa shape index (κ2) is 5.71. The Kier molecular flexibility index (Phi) is 3.61. The van der Waals surface area contributed by atoms with Crippen LogP contribution in [-0.2, 0) is 23.5 Å². The van der Waals surface area contributed by atoms with Crippen LogP contribution < -0.4 is 11.2 Å². The van der Waals surface area contributed by atoms with Gasteiger partial charge >= 0.3 is 7.12 Å². The minimum atomic E-state index is -0.465. The van der Waals surface area contributed by atoms with E-state index in [1.54, 1.807) is 0 Å². The maximum atomic E-state index is 6.34. The van der Waals surface area contributed by atoms with Gasteiger partial charge in [0.05, 0.1) is 6.61 Å². The Morgan fingerprint density at radius 1 is 1.08 bits per heavy atom. The smallest absolute Gasteiger partial charge is 0.404 e. The molecule has 7 heteroatoms. The summed E-state index contributed by atoms with van der Waals surface area (Å²) < 4.78 is 30.5. The predicted octanol–water partition coefficient (Wildman–Crippen LogP) is 1.18. The van der Waals surface area contributed by atoms with Crippen LogP contribution in [0.4, 0.5) is 5.69 Å². The van der Waals surface area contributed by atoms with Gasteiger partial charge in [0.25, 0.3) is 0 Å². The topological polar surface area (TPSA) is 72.2 Å². The lowest BCUT2D eigenvalue weighted by molar-refractivity contribution is -0.250. The van der Waals surface area contributed by atoms with Gasteiger partial charge in [-0.25, -0.2) is 0 Å². The van der Waals surface area contributed by atoms with Gasteiger partial charge in [-0.1, -0.05) is 18.6 Å². The quantitative estimate of drug-likeness (QED) is 0.615. The highest BCUT2D eigenvalue weighted by atomic mass is 16.8. The van der Waals surface area contributed by atoms with Crippen molar-refractivity contribution in [1.29, 1.82) is 0 Å². The summed E-state index contributed by atoms with van der Waals surface area (Å²) in [5.74, 6) is -0.465. The van der Waals surface area contributed by atoms with Crippen LogP contribution in [-0.4, -0.2) is 44.1 Å². The molecule has 6 nitrogen and oxygen atoms in total. The van der Waals surface area contributed by atoms with E-state index >= 15 is 0 Å². The molecule has 4 aliphatic rings. The van der Waals surface area contributed by atoms with Gasteiger partial charge in [0.2, 0.25) is 0 Å². The molecule has 1 aliphatic carbocycles. The van der Waals surface area contributed by atoms with E-state index in [-0.39, 0.29) is 24.6 Å². The molecule has 1 spiro atoms. The predicted molar refractivity (Wildman–Crippen MR) is 87.5 cm³/mol. The van der Waals surface area contributed by atoms with Crippen LogP contribution in [0.2, 0.25) is 0 Å².